The number of nitrogen functional groups attached to an aromatic ring is 1. The number of carbonyl (C=O) groups is 1. The van der Waals surface area contributed by atoms with E-state index in [2.05, 4.69) is 20.4 Å². The number of aryl methyl sites for hydroxylation is 1. The highest BCUT2D eigenvalue weighted by Crippen LogP contribution is 2.07. The van der Waals surface area contributed by atoms with Gasteiger partial charge in [0.15, 0.2) is 5.82 Å². The fourth-order valence-electron chi connectivity index (χ4n) is 1.42. The maximum Gasteiger partial charge on any atom is 0.254 e. The van der Waals surface area contributed by atoms with Crippen LogP contribution in [-0.2, 0) is 6.42 Å². The van der Waals surface area contributed by atoms with Crippen molar-refractivity contribution in [2.45, 2.75) is 13.3 Å². The summed E-state index contributed by atoms with van der Waals surface area (Å²) in [6.07, 6.45) is 3.47. The molecule has 3 N–H and O–H groups in total. The normalized spacial score (nSPS) is 10.3. The average Bonchev–Trinajstić information content (AvgIpc) is 2.75. The largest absolute Gasteiger partial charge is 0.398 e. The first kappa shape index (κ1) is 12.0. The Labute approximate surface area is 103 Å². The quantitative estimate of drug-likeness (QED) is 0.806. The first-order chi connectivity index (χ1) is 8.66. The Morgan fingerprint density at radius 2 is 2.39 bits per heavy atom. The molecule has 18 heavy (non-hydrogen) atoms. The van der Waals surface area contributed by atoms with Gasteiger partial charge in [-0.15, -0.1) is 0 Å². The van der Waals surface area contributed by atoms with Crippen LogP contribution in [0.4, 0.5) is 5.69 Å². The zero-order valence-electron chi connectivity index (χ0n) is 9.88. The van der Waals surface area contributed by atoms with Gasteiger partial charge in [-0.3, -0.25) is 9.78 Å². The van der Waals surface area contributed by atoms with Crippen LogP contribution < -0.4 is 11.1 Å². The molecule has 0 saturated heterocycles. The van der Waals surface area contributed by atoms with Crippen molar-refractivity contribution in [1.29, 1.82) is 0 Å². The van der Waals surface area contributed by atoms with Crippen molar-refractivity contribution in [3.05, 3.63) is 35.7 Å². The fraction of sp³-hybridized carbons (Fsp3) is 0.273. The van der Waals surface area contributed by atoms with Crippen LogP contribution in [0.2, 0.25) is 0 Å². The van der Waals surface area contributed by atoms with Gasteiger partial charge in [0.2, 0.25) is 5.89 Å². The van der Waals surface area contributed by atoms with E-state index in [0.29, 0.717) is 35.9 Å². The van der Waals surface area contributed by atoms with Crippen molar-refractivity contribution in [3.63, 3.8) is 0 Å². The molecule has 0 aromatic carbocycles. The molecule has 0 aliphatic heterocycles. The summed E-state index contributed by atoms with van der Waals surface area (Å²) in [5.41, 5.74) is 6.43. The van der Waals surface area contributed by atoms with E-state index in [1.165, 1.54) is 12.4 Å². The lowest BCUT2D eigenvalue weighted by molar-refractivity contribution is 0.0954. The van der Waals surface area contributed by atoms with E-state index in [-0.39, 0.29) is 5.91 Å². The molecule has 0 unspecified atom stereocenters. The van der Waals surface area contributed by atoms with Crippen molar-refractivity contribution < 1.29 is 9.32 Å². The highest BCUT2D eigenvalue weighted by molar-refractivity contribution is 5.98. The molecule has 7 heteroatoms. The third-order valence-corrected chi connectivity index (χ3v) is 2.30. The zero-order chi connectivity index (χ0) is 13.0. The summed E-state index contributed by atoms with van der Waals surface area (Å²) in [6.45, 7) is 2.12. The maximum absolute atomic E-state index is 11.8. The number of hydrogen-bond acceptors (Lipinski definition) is 6. The predicted octanol–water partition coefficient (Wildman–Crippen LogP) is 0.328. The lowest BCUT2D eigenvalue weighted by Crippen LogP contribution is -2.26. The number of carbonyl (C=O) groups excluding carboxylic acids is 1. The molecule has 7 nitrogen and oxygen atoms in total. The van der Waals surface area contributed by atoms with E-state index in [9.17, 15) is 4.79 Å². The Kier molecular flexibility index (Phi) is 3.52. The number of rotatable bonds is 4. The third kappa shape index (κ3) is 2.82. The fourth-order valence-corrected chi connectivity index (χ4v) is 1.42. The summed E-state index contributed by atoms with van der Waals surface area (Å²) < 4.78 is 4.82. The van der Waals surface area contributed by atoms with E-state index in [4.69, 9.17) is 10.3 Å². The Hall–Kier alpha value is -2.44. The number of pyridine rings is 1. The monoisotopic (exact) mass is 247 g/mol. The second-order valence-electron chi connectivity index (χ2n) is 3.70. The van der Waals surface area contributed by atoms with Crippen LogP contribution in [0.25, 0.3) is 0 Å². The van der Waals surface area contributed by atoms with Gasteiger partial charge >= 0.3 is 0 Å². The number of nitrogens with two attached hydrogens (primary N) is 1. The summed E-state index contributed by atoms with van der Waals surface area (Å²) in [7, 11) is 0. The lowest BCUT2D eigenvalue weighted by Gasteiger charge is -2.05. The van der Waals surface area contributed by atoms with Crippen LogP contribution in [0.5, 0.6) is 0 Å². The highest BCUT2D eigenvalue weighted by atomic mass is 16.5. The van der Waals surface area contributed by atoms with Crippen LogP contribution in [0, 0.1) is 6.92 Å². The Morgan fingerprint density at radius 1 is 1.56 bits per heavy atom. The van der Waals surface area contributed by atoms with E-state index < -0.39 is 0 Å². The molecule has 0 aliphatic carbocycles. The molecule has 0 radical (unpaired) electrons. The van der Waals surface area contributed by atoms with Gasteiger partial charge in [0.05, 0.1) is 5.56 Å². The average molecular weight is 247 g/mol. The van der Waals surface area contributed by atoms with Gasteiger partial charge in [-0.25, -0.2) is 0 Å². The van der Waals surface area contributed by atoms with Crippen molar-refractivity contribution in [2.24, 2.45) is 0 Å². The molecule has 2 rings (SSSR count). The molecule has 0 aliphatic rings. The van der Waals surface area contributed by atoms with E-state index in [0.717, 1.165) is 0 Å². The molecule has 94 valence electrons. The minimum absolute atomic E-state index is 0.263. The standard InChI is InChI=1S/C11H13N5O2/c1-7-15-10(16-18-7)3-5-14-11(17)8-6-13-4-2-9(8)12/h2,4,6H,3,5H2,1H3,(H2,12,13)(H,14,17). The number of nitrogens with zero attached hydrogens (tertiary/aromatic N) is 3. The number of anilines is 1. The molecule has 0 atom stereocenters. The van der Waals surface area contributed by atoms with Crippen molar-refractivity contribution >= 4 is 11.6 Å². The number of amides is 1. The number of aromatic nitrogens is 3. The third-order valence-electron chi connectivity index (χ3n) is 2.30. The zero-order valence-corrected chi connectivity index (χ0v) is 9.88. The maximum atomic E-state index is 11.8. The van der Waals surface area contributed by atoms with Gasteiger partial charge in [0, 0.05) is 38.0 Å². The van der Waals surface area contributed by atoms with Crippen molar-refractivity contribution in [3.8, 4) is 0 Å². The summed E-state index contributed by atoms with van der Waals surface area (Å²) in [5, 5.41) is 6.45. The van der Waals surface area contributed by atoms with Gasteiger partial charge in [-0.05, 0) is 6.07 Å². The molecule has 0 bridgehead atoms. The Morgan fingerprint density at radius 3 is 3.06 bits per heavy atom. The van der Waals surface area contributed by atoms with Crippen molar-refractivity contribution in [1.82, 2.24) is 20.4 Å². The first-order valence-electron chi connectivity index (χ1n) is 5.43. The summed E-state index contributed by atoms with van der Waals surface area (Å²) in [4.78, 5) is 19.7. The molecule has 2 heterocycles. The van der Waals surface area contributed by atoms with Crippen LogP contribution >= 0.6 is 0 Å². The Balaban J connectivity index is 1.87. The van der Waals surface area contributed by atoms with Gasteiger partial charge in [0.25, 0.3) is 5.91 Å². The van der Waals surface area contributed by atoms with Crippen LogP contribution in [0.3, 0.4) is 0 Å². The van der Waals surface area contributed by atoms with Gasteiger partial charge in [0.1, 0.15) is 0 Å². The second kappa shape index (κ2) is 5.26. The molecular formula is C11H13N5O2. The van der Waals surface area contributed by atoms with Crippen LogP contribution in [-0.4, -0.2) is 27.6 Å². The van der Waals surface area contributed by atoms with E-state index >= 15 is 0 Å². The number of hydrogen-bond donors (Lipinski definition) is 2. The van der Waals surface area contributed by atoms with Crippen LogP contribution in [0.1, 0.15) is 22.1 Å². The molecule has 1 amide bonds. The van der Waals surface area contributed by atoms with E-state index in [1.807, 2.05) is 0 Å². The molecule has 0 saturated carbocycles. The minimum atomic E-state index is -0.263. The van der Waals surface area contributed by atoms with Gasteiger partial charge in [-0.1, -0.05) is 5.16 Å². The minimum Gasteiger partial charge on any atom is -0.398 e. The SMILES string of the molecule is Cc1nc(CCNC(=O)c2cnccc2N)no1. The van der Waals surface area contributed by atoms with Crippen molar-refractivity contribution in [2.75, 3.05) is 12.3 Å². The lowest BCUT2D eigenvalue weighted by atomic mass is 10.2. The molecule has 2 aromatic heterocycles. The smallest absolute Gasteiger partial charge is 0.254 e. The number of nitrogens with one attached hydrogen (secondary N) is 1. The Bertz CT molecular complexity index is 552. The molecule has 0 fully saturated rings. The summed E-state index contributed by atoms with van der Waals surface area (Å²) in [6, 6.07) is 1.58. The topological polar surface area (TPSA) is 107 Å². The highest BCUT2D eigenvalue weighted by Gasteiger charge is 2.09. The second-order valence-corrected chi connectivity index (χ2v) is 3.70. The predicted molar refractivity (Wildman–Crippen MR) is 63.7 cm³/mol. The molecular weight excluding hydrogens is 234 g/mol. The van der Waals surface area contributed by atoms with E-state index in [1.54, 1.807) is 13.0 Å². The summed E-state index contributed by atoms with van der Waals surface area (Å²) >= 11 is 0. The molecule has 0 spiro atoms. The first-order valence-corrected chi connectivity index (χ1v) is 5.43. The van der Waals surface area contributed by atoms with Crippen LogP contribution in [0.15, 0.2) is 23.0 Å². The van der Waals surface area contributed by atoms with Gasteiger partial charge in [-0.2, -0.15) is 4.98 Å². The van der Waals surface area contributed by atoms with Gasteiger partial charge < -0.3 is 15.6 Å². The molecule has 2 aromatic rings. The summed E-state index contributed by atoms with van der Waals surface area (Å²) in [5.74, 6) is 0.806.